The Hall–Kier alpha value is -2.50. The Bertz CT molecular complexity index is 721. The van der Waals surface area contributed by atoms with E-state index in [1.807, 2.05) is 26.0 Å². The molecule has 2 heterocycles. The van der Waals surface area contributed by atoms with Gasteiger partial charge in [0.2, 0.25) is 0 Å². The highest BCUT2D eigenvalue weighted by Gasteiger charge is 2.35. The summed E-state index contributed by atoms with van der Waals surface area (Å²) in [7, 11) is 1.74. The molecule has 1 aliphatic rings. The second kappa shape index (κ2) is 5.05. The molecule has 6 heteroatoms. The van der Waals surface area contributed by atoms with Crippen molar-refractivity contribution >= 4 is 11.6 Å². The first-order valence-electron chi connectivity index (χ1n) is 7.23. The van der Waals surface area contributed by atoms with Crippen LogP contribution in [0.15, 0.2) is 30.5 Å². The van der Waals surface area contributed by atoms with Crippen molar-refractivity contribution in [2.24, 2.45) is 7.05 Å². The maximum absolute atomic E-state index is 12.5. The lowest BCUT2D eigenvalue weighted by molar-refractivity contribution is 0.0617. The molecule has 0 fully saturated rings. The zero-order chi connectivity index (χ0) is 15.9. The molecular formula is C16H20N4O2. The first kappa shape index (κ1) is 14.4. The third-order valence-corrected chi connectivity index (χ3v) is 3.85. The number of nitrogens with one attached hydrogen (secondary N) is 1. The van der Waals surface area contributed by atoms with E-state index in [1.165, 1.54) is 0 Å². The number of nitrogen functional groups attached to an aromatic ring is 1. The summed E-state index contributed by atoms with van der Waals surface area (Å²) in [4.78, 5) is 12.5. The molecule has 6 nitrogen and oxygen atoms in total. The molecule has 0 bridgehead atoms. The van der Waals surface area contributed by atoms with Crippen LogP contribution in [-0.4, -0.2) is 21.3 Å². The predicted molar refractivity (Wildman–Crippen MR) is 83.6 cm³/mol. The second-order valence-corrected chi connectivity index (χ2v) is 6.23. The molecule has 3 rings (SSSR count). The summed E-state index contributed by atoms with van der Waals surface area (Å²) in [5, 5.41) is 7.09. The molecule has 3 N–H and O–H groups in total. The van der Waals surface area contributed by atoms with Crippen molar-refractivity contribution < 1.29 is 9.53 Å². The molecule has 0 saturated carbocycles. The fourth-order valence-electron chi connectivity index (χ4n) is 2.83. The van der Waals surface area contributed by atoms with Gasteiger partial charge in [0.15, 0.2) is 0 Å². The van der Waals surface area contributed by atoms with Gasteiger partial charge in [-0.1, -0.05) is 0 Å². The normalized spacial score (nSPS) is 19.1. The molecule has 0 spiro atoms. The number of hydrogen-bond acceptors (Lipinski definition) is 4. The van der Waals surface area contributed by atoms with Gasteiger partial charge in [0.1, 0.15) is 17.0 Å². The number of benzene rings is 1. The van der Waals surface area contributed by atoms with Crippen molar-refractivity contribution in [1.29, 1.82) is 0 Å². The summed E-state index contributed by atoms with van der Waals surface area (Å²) in [5.41, 5.74) is 7.61. The number of ether oxygens (including phenoxy) is 1. The van der Waals surface area contributed by atoms with Gasteiger partial charge in [0.25, 0.3) is 5.91 Å². The maximum atomic E-state index is 12.5. The van der Waals surface area contributed by atoms with Crippen molar-refractivity contribution in [3.63, 3.8) is 0 Å². The lowest BCUT2D eigenvalue weighted by atomic mass is 9.89. The molecule has 0 aliphatic carbocycles. The van der Waals surface area contributed by atoms with E-state index in [9.17, 15) is 4.79 Å². The van der Waals surface area contributed by atoms with Crippen molar-refractivity contribution in [3.8, 4) is 5.75 Å². The molecular weight excluding hydrogens is 280 g/mol. The Morgan fingerprint density at radius 2 is 2.23 bits per heavy atom. The minimum Gasteiger partial charge on any atom is -0.487 e. The number of carbonyl (C=O) groups excluding carboxylic acids is 1. The van der Waals surface area contributed by atoms with Crippen molar-refractivity contribution in [3.05, 3.63) is 41.7 Å². The highest BCUT2D eigenvalue weighted by Crippen LogP contribution is 2.40. The van der Waals surface area contributed by atoms with E-state index < -0.39 is 0 Å². The van der Waals surface area contributed by atoms with Crippen LogP contribution in [0, 0.1) is 0 Å². The number of rotatable bonds is 2. The van der Waals surface area contributed by atoms with Crippen LogP contribution < -0.4 is 15.8 Å². The number of anilines is 1. The molecule has 1 aromatic heterocycles. The molecule has 1 aliphatic heterocycles. The summed E-state index contributed by atoms with van der Waals surface area (Å²) in [6.45, 7) is 4.02. The molecule has 1 atom stereocenters. The average Bonchev–Trinajstić information content (AvgIpc) is 2.85. The lowest BCUT2D eigenvalue weighted by Gasteiger charge is -2.38. The van der Waals surface area contributed by atoms with E-state index in [1.54, 1.807) is 30.1 Å². The Morgan fingerprint density at radius 1 is 1.45 bits per heavy atom. The van der Waals surface area contributed by atoms with Crippen LogP contribution in [0.5, 0.6) is 5.75 Å². The van der Waals surface area contributed by atoms with E-state index >= 15 is 0 Å². The van der Waals surface area contributed by atoms with Gasteiger partial charge in [-0.15, -0.1) is 0 Å². The van der Waals surface area contributed by atoms with Gasteiger partial charge >= 0.3 is 0 Å². The Balaban J connectivity index is 1.92. The predicted octanol–water partition coefficient (Wildman–Crippen LogP) is 2.03. The maximum Gasteiger partial charge on any atom is 0.270 e. The number of aromatic nitrogens is 2. The SMILES string of the molecule is Cn1nccc1C(=O)NC1CC(C)(C)Oc2ccc(N)cc21. The molecule has 2 aromatic rings. The van der Waals surface area contributed by atoms with Crippen LogP contribution in [0.3, 0.4) is 0 Å². The minimum absolute atomic E-state index is 0.148. The zero-order valence-corrected chi connectivity index (χ0v) is 13.0. The molecule has 1 amide bonds. The van der Waals surface area contributed by atoms with Crippen LogP contribution >= 0.6 is 0 Å². The summed E-state index contributed by atoms with van der Waals surface area (Å²) >= 11 is 0. The quantitative estimate of drug-likeness (QED) is 0.831. The standard InChI is InChI=1S/C16H20N4O2/c1-16(2)9-12(11-8-10(17)4-5-14(11)22-16)19-15(21)13-6-7-18-20(13)3/h4-8,12H,9,17H2,1-3H3,(H,19,21). The molecule has 1 unspecified atom stereocenters. The van der Waals surface area contributed by atoms with Crippen LogP contribution in [0.25, 0.3) is 0 Å². The molecule has 1 aromatic carbocycles. The van der Waals surface area contributed by atoms with Gasteiger partial charge in [-0.05, 0) is 38.1 Å². The van der Waals surface area contributed by atoms with Crippen molar-refractivity contribution in [2.75, 3.05) is 5.73 Å². The minimum atomic E-state index is -0.354. The number of hydrogen-bond donors (Lipinski definition) is 2. The molecule has 116 valence electrons. The highest BCUT2D eigenvalue weighted by atomic mass is 16.5. The van der Waals surface area contributed by atoms with E-state index in [0.717, 1.165) is 11.3 Å². The Labute approximate surface area is 129 Å². The molecule has 0 radical (unpaired) electrons. The summed E-state index contributed by atoms with van der Waals surface area (Å²) in [6, 6.07) is 7.07. The number of fused-ring (bicyclic) bond motifs is 1. The fourth-order valence-corrected chi connectivity index (χ4v) is 2.83. The summed E-state index contributed by atoms with van der Waals surface area (Å²) < 4.78 is 7.53. The third-order valence-electron chi connectivity index (χ3n) is 3.85. The average molecular weight is 300 g/mol. The van der Waals surface area contributed by atoms with E-state index in [4.69, 9.17) is 10.5 Å². The number of nitrogens with two attached hydrogens (primary N) is 1. The van der Waals surface area contributed by atoms with Gasteiger partial charge in [-0.3, -0.25) is 9.48 Å². The van der Waals surface area contributed by atoms with Crippen molar-refractivity contribution in [2.45, 2.75) is 31.9 Å². The Kier molecular flexibility index (Phi) is 3.31. The van der Waals surface area contributed by atoms with Crippen LogP contribution in [0.2, 0.25) is 0 Å². The number of nitrogens with zero attached hydrogens (tertiary/aromatic N) is 2. The summed E-state index contributed by atoms with van der Waals surface area (Å²) in [6.07, 6.45) is 2.28. The van der Waals surface area contributed by atoms with E-state index in [-0.39, 0.29) is 17.6 Å². The topological polar surface area (TPSA) is 82.2 Å². The van der Waals surface area contributed by atoms with Gasteiger partial charge in [0, 0.05) is 30.9 Å². The highest BCUT2D eigenvalue weighted by molar-refractivity contribution is 5.92. The molecule has 22 heavy (non-hydrogen) atoms. The van der Waals surface area contributed by atoms with Crippen LogP contribution in [0.4, 0.5) is 5.69 Å². The van der Waals surface area contributed by atoms with Gasteiger partial charge < -0.3 is 15.8 Å². The van der Waals surface area contributed by atoms with Crippen LogP contribution in [-0.2, 0) is 7.05 Å². The number of amides is 1. The fraction of sp³-hybridized carbons (Fsp3) is 0.375. The smallest absolute Gasteiger partial charge is 0.270 e. The Morgan fingerprint density at radius 3 is 2.91 bits per heavy atom. The monoisotopic (exact) mass is 300 g/mol. The third kappa shape index (κ3) is 2.64. The van der Waals surface area contributed by atoms with Crippen LogP contribution in [0.1, 0.15) is 42.4 Å². The van der Waals surface area contributed by atoms with Gasteiger partial charge in [0.05, 0.1) is 6.04 Å². The first-order chi connectivity index (χ1) is 10.4. The summed E-state index contributed by atoms with van der Waals surface area (Å²) in [5.74, 6) is 0.608. The lowest BCUT2D eigenvalue weighted by Crippen LogP contribution is -2.41. The van der Waals surface area contributed by atoms with E-state index in [2.05, 4.69) is 10.4 Å². The molecule has 0 saturated heterocycles. The van der Waals surface area contributed by atoms with Gasteiger partial charge in [-0.2, -0.15) is 5.10 Å². The van der Waals surface area contributed by atoms with Gasteiger partial charge in [-0.25, -0.2) is 0 Å². The second-order valence-electron chi connectivity index (χ2n) is 6.23. The zero-order valence-electron chi connectivity index (χ0n) is 13.0. The number of aryl methyl sites for hydroxylation is 1. The largest absolute Gasteiger partial charge is 0.487 e. The number of carbonyl (C=O) groups is 1. The first-order valence-corrected chi connectivity index (χ1v) is 7.23. The van der Waals surface area contributed by atoms with E-state index in [0.29, 0.717) is 17.8 Å². The van der Waals surface area contributed by atoms with Crippen molar-refractivity contribution in [1.82, 2.24) is 15.1 Å².